The van der Waals surface area contributed by atoms with Crippen molar-refractivity contribution < 1.29 is 5.11 Å². The fraction of sp³-hybridized carbons (Fsp3) is 1.00. The van der Waals surface area contributed by atoms with Gasteiger partial charge < -0.3 is 10.4 Å². The standard InChI is InChI=1S/C15H29N3O/c19-11-10-18(12-13-4-3-7-16-13)15-6-9-17-8-2-1-5-14(15)17/h13-16,19H,1-12H2. The second-order valence-electron chi connectivity index (χ2n) is 6.47. The van der Waals surface area contributed by atoms with Crippen LogP contribution in [0.5, 0.6) is 0 Å². The molecule has 2 N–H and O–H groups in total. The summed E-state index contributed by atoms with van der Waals surface area (Å²) in [6.45, 7) is 6.04. The molecule has 19 heavy (non-hydrogen) atoms. The molecule has 110 valence electrons. The highest BCUT2D eigenvalue weighted by atomic mass is 16.3. The van der Waals surface area contributed by atoms with Crippen molar-refractivity contribution in [3.05, 3.63) is 0 Å². The molecule has 0 spiro atoms. The van der Waals surface area contributed by atoms with E-state index in [0.717, 1.165) is 19.1 Å². The first kappa shape index (κ1) is 13.8. The van der Waals surface area contributed by atoms with Gasteiger partial charge in [0.15, 0.2) is 0 Å². The first-order valence-electron chi connectivity index (χ1n) is 8.21. The number of hydrogen-bond donors (Lipinski definition) is 2. The summed E-state index contributed by atoms with van der Waals surface area (Å²) >= 11 is 0. The smallest absolute Gasteiger partial charge is 0.0558 e. The maximum absolute atomic E-state index is 9.39. The molecule has 0 aromatic carbocycles. The minimum atomic E-state index is 0.302. The highest BCUT2D eigenvalue weighted by molar-refractivity contribution is 4.96. The summed E-state index contributed by atoms with van der Waals surface area (Å²) in [4.78, 5) is 5.28. The molecule has 3 rings (SSSR count). The van der Waals surface area contributed by atoms with Gasteiger partial charge in [-0.05, 0) is 45.2 Å². The van der Waals surface area contributed by atoms with Crippen molar-refractivity contribution in [2.45, 2.75) is 56.7 Å². The van der Waals surface area contributed by atoms with Gasteiger partial charge in [-0.1, -0.05) is 6.42 Å². The van der Waals surface area contributed by atoms with Gasteiger partial charge in [0, 0.05) is 37.8 Å². The third-order valence-electron chi connectivity index (χ3n) is 5.29. The number of nitrogens with one attached hydrogen (secondary N) is 1. The summed E-state index contributed by atoms with van der Waals surface area (Å²) in [7, 11) is 0. The second-order valence-corrected chi connectivity index (χ2v) is 6.47. The van der Waals surface area contributed by atoms with E-state index in [2.05, 4.69) is 15.1 Å². The molecule has 3 atom stereocenters. The third kappa shape index (κ3) is 3.13. The zero-order chi connectivity index (χ0) is 13.1. The normalized spacial score (nSPS) is 36.0. The Morgan fingerprint density at radius 3 is 2.84 bits per heavy atom. The Balaban J connectivity index is 1.61. The van der Waals surface area contributed by atoms with Crippen LogP contribution >= 0.6 is 0 Å². The molecular formula is C15H29N3O. The molecule has 0 bridgehead atoms. The van der Waals surface area contributed by atoms with Crippen LogP contribution in [-0.4, -0.2) is 72.4 Å². The average molecular weight is 267 g/mol. The summed E-state index contributed by atoms with van der Waals surface area (Å²) in [6.07, 6.45) is 8.07. The first-order chi connectivity index (χ1) is 9.38. The SMILES string of the molecule is OCCN(CC1CCCN1)C1CCN2CCCCC12. The summed E-state index contributed by atoms with van der Waals surface area (Å²) in [6, 6.07) is 2.11. The molecule has 0 aromatic rings. The van der Waals surface area contributed by atoms with Gasteiger partial charge in [0.1, 0.15) is 0 Å². The van der Waals surface area contributed by atoms with E-state index in [1.165, 1.54) is 58.2 Å². The number of fused-ring (bicyclic) bond motifs is 1. The molecule has 3 heterocycles. The molecule has 0 aromatic heterocycles. The molecule has 4 heteroatoms. The van der Waals surface area contributed by atoms with Crippen LogP contribution in [0.3, 0.4) is 0 Å². The van der Waals surface area contributed by atoms with Crippen molar-refractivity contribution in [3.8, 4) is 0 Å². The molecule has 0 aliphatic carbocycles. The number of aliphatic hydroxyl groups is 1. The Hall–Kier alpha value is -0.160. The Bertz CT molecular complexity index is 281. The number of piperidine rings is 1. The van der Waals surface area contributed by atoms with Crippen LogP contribution in [0.25, 0.3) is 0 Å². The van der Waals surface area contributed by atoms with Crippen molar-refractivity contribution in [2.24, 2.45) is 0 Å². The van der Waals surface area contributed by atoms with E-state index in [1.807, 2.05) is 0 Å². The molecule has 4 nitrogen and oxygen atoms in total. The summed E-state index contributed by atoms with van der Waals surface area (Å²) in [5.41, 5.74) is 0. The van der Waals surface area contributed by atoms with E-state index in [1.54, 1.807) is 0 Å². The van der Waals surface area contributed by atoms with E-state index in [9.17, 15) is 5.11 Å². The number of aliphatic hydroxyl groups excluding tert-OH is 1. The molecule has 3 saturated heterocycles. The Kier molecular flexibility index (Phi) is 4.74. The van der Waals surface area contributed by atoms with Crippen molar-refractivity contribution in [2.75, 3.05) is 39.3 Å². The third-order valence-corrected chi connectivity index (χ3v) is 5.29. The van der Waals surface area contributed by atoms with Gasteiger partial charge >= 0.3 is 0 Å². The van der Waals surface area contributed by atoms with Gasteiger partial charge in [-0.15, -0.1) is 0 Å². The van der Waals surface area contributed by atoms with Gasteiger partial charge in [-0.2, -0.15) is 0 Å². The molecular weight excluding hydrogens is 238 g/mol. The Labute approximate surface area is 117 Å². The van der Waals surface area contributed by atoms with Crippen molar-refractivity contribution >= 4 is 0 Å². The number of rotatable bonds is 5. The zero-order valence-electron chi connectivity index (χ0n) is 12.1. The average Bonchev–Trinajstić information content (AvgIpc) is 3.07. The van der Waals surface area contributed by atoms with Crippen LogP contribution in [0.1, 0.15) is 38.5 Å². The maximum Gasteiger partial charge on any atom is 0.0558 e. The van der Waals surface area contributed by atoms with Crippen LogP contribution in [0, 0.1) is 0 Å². The molecule has 0 radical (unpaired) electrons. The first-order valence-corrected chi connectivity index (χ1v) is 8.21. The summed E-state index contributed by atoms with van der Waals surface area (Å²) in [5.74, 6) is 0. The lowest BCUT2D eigenvalue weighted by Crippen LogP contribution is -2.51. The van der Waals surface area contributed by atoms with Gasteiger partial charge in [0.05, 0.1) is 6.61 Å². The maximum atomic E-state index is 9.39. The molecule has 3 unspecified atom stereocenters. The number of nitrogens with zero attached hydrogens (tertiary/aromatic N) is 2. The minimum absolute atomic E-state index is 0.302. The summed E-state index contributed by atoms with van der Waals surface area (Å²) in [5, 5.41) is 13.0. The van der Waals surface area contributed by atoms with E-state index < -0.39 is 0 Å². The fourth-order valence-electron chi connectivity index (χ4n) is 4.36. The molecule has 3 fully saturated rings. The molecule has 0 saturated carbocycles. The van der Waals surface area contributed by atoms with Gasteiger partial charge in [0.2, 0.25) is 0 Å². The van der Waals surface area contributed by atoms with Crippen LogP contribution in [0.4, 0.5) is 0 Å². The zero-order valence-corrected chi connectivity index (χ0v) is 12.1. The molecule has 3 aliphatic rings. The quantitative estimate of drug-likeness (QED) is 0.767. The molecule has 0 amide bonds. The van der Waals surface area contributed by atoms with Crippen LogP contribution in [0.2, 0.25) is 0 Å². The Morgan fingerprint density at radius 2 is 2.05 bits per heavy atom. The van der Waals surface area contributed by atoms with E-state index in [-0.39, 0.29) is 0 Å². The van der Waals surface area contributed by atoms with Crippen LogP contribution in [-0.2, 0) is 0 Å². The number of hydrogen-bond acceptors (Lipinski definition) is 4. The van der Waals surface area contributed by atoms with Gasteiger partial charge in [-0.25, -0.2) is 0 Å². The van der Waals surface area contributed by atoms with Crippen LogP contribution in [0.15, 0.2) is 0 Å². The van der Waals surface area contributed by atoms with Gasteiger partial charge in [0.25, 0.3) is 0 Å². The van der Waals surface area contributed by atoms with E-state index >= 15 is 0 Å². The minimum Gasteiger partial charge on any atom is -0.395 e. The topological polar surface area (TPSA) is 38.7 Å². The highest BCUT2D eigenvalue weighted by Gasteiger charge is 2.39. The fourth-order valence-corrected chi connectivity index (χ4v) is 4.36. The largest absolute Gasteiger partial charge is 0.395 e. The lowest BCUT2D eigenvalue weighted by Gasteiger charge is -2.38. The monoisotopic (exact) mass is 267 g/mol. The molecule has 3 aliphatic heterocycles. The lowest BCUT2D eigenvalue weighted by atomic mass is 9.97. The predicted molar refractivity (Wildman–Crippen MR) is 77.3 cm³/mol. The Morgan fingerprint density at radius 1 is 1.11 bits per heavy atom. The van der Waals surface area contributed by atoms with Crippen molar-refractivity contribution in [1.29, 1.82) is 0 Å². The predicted octanol–water partition coefficient (Wildman–Crippen LogP) is 0.660. The van der Waals surface area contributed by atoms with Crippen molar-refractivity contribution in [1.82, 2.24) is 15.1 Å². The van der Waals surface area contributed by atoms with Gasteiger partial charge in [-0.3, -0.25) is 9.80 Å². The van der Waals surface area contributed by atoms with Crippen LogP contribution < -0.4 is 5.32 Å². The second kappa shape index (κ2) is 6.53. The summed E-state index contributed by atoms with van der Waals surface area (Å²) < 4.78 is 0. The van der Waals surface area contributed by atoms with E-state index in [4.69, 9.17) is 0 Å². The highest BCUT2D eigenvalue weighted by Crippen LogP contribution is 2.30. The van der Waals surface area contributed by atoms with E-state index in [0.29, 0.717) is 18.7 Å². The lowest BCUT2D eigenvalue weighted by molar-refractivity contribution is 0.0911. The van der Waals surface area contributed by atoms with Crippen molar-refractivity contribution in [3.63, 3.8) is 0 Å².